The van der Waals surface area contributed by atoms with Gasteiger partial charge in [-0.25, -0.2) is 0 Å². The quantitative estimate of drug-likeness (QED) is 0.307. The van der Waals surface area contributed by atoms with Crippen LogP contribution in [0.5, 0.6) is 0 Å². The van der Waals surface area contributed by atoms with Gasteiger partial charge in [0, 0.05) is 36.5 Å². The number of esters is 3. The van der Waals surface area contributed by atoms with Crippen LogP contribution in [0.15, 0.2) is 11.1 Å². The lowest BCUT2D eigenvalue weighted by atomic mass is 9.59. The predicted octanol–water partition coefficient (Wildman–Crippen LogP) is 3.19. The summed E-state index contributed by atoms with van der Waals surface area (Å²) in [6, 6.07) is 0. The van der Waals surface area contributed by atoms with Crippen molar-refractivity contribution in [1.82, 2.24) is 0 Å². The van der Waals surface area contributed by atoms with Crippen LogP contribution in [0.1, 0.15) is 67.2 Å². The molecule has 7 fully saturated rings. The second-order valence-electron chi connectivity index (χ2n) is 14.7. The number of rotatable bonds is 1. The zero-order chi connectivity index (χ0) is 27.5. The van der Waals surface area contributed by atoms with Gasteiger partial charge in [-0.1, -0.05) is 19.4 Å². The molecule has 8 nitrogen and oxygen atoms in total. The summed E-state index contributed by atoms with van der Waals surface area (Å²) in [5.74, 6) is -0.961. The van der Waals surface area contributed by atoms with Crippen molar-refractivity contribution in [3.8, 4) is 0 Å². The van der Waals surface area contributed by atoms with Crippen LogP contribution in [-0.2, 0) is 33.3 Å². The molecule has 5 aliphatic carbocycles. The second-order valence-corrected chi connectivity index (χ2v) is 14.7. The summed E-state index contributed by atoms with van der Waals surface area (Å²) in [5, 5.41) is 12.3. The monoisotopic (exact) mass is 540 g/mol. The number of carbonyl (C=O) groups excluding carboxylic acids is 3. The van der Waals surface area contributed by atoms with Gasteiger partial charge in [0.1, 0.15) is 18.3 Å². The minimum absolute atomic E-state index is 0.0159. The van der Waals surface area contributed by atoms with E-state index in [1.165, 1.54) is 12.5 Å². The van der Waals surface area contributed by atoms with E-state index in [9.17, 15) is 19.5 Å². The Labute approximate surface area is 229 Å². The van der Waals surface area contributed by atoms with E-state index < -0.39 is 29.7 Å². The van der Waals surface area contributed by atoms with Crippen LogP contribution in [0.2, 0.25) is 0 Å². The average Bonchev–Trinajstić information content (AvgIpc) is 3.59. The third-order valence-corrected chi connectivity index (χ3v) is 13.1. The van der Waals surface area contributed by atoms with Gasteiger partial charge in [0.15, 0.2) is 0 Å². The zero-order valence-electron chi connectivity index (χ0n) is 23.6. The summed E-state index contributed by atoms with van der Waals surface area (Å²) >= 11 is 0. The minimum atomic E-state index is -1.15. The van der Waals surface area contributed by atoms with Crippen LogP contribution in [0.3, 0.4) is 0 Å². The van der Waals surface area contributed by atoms with Gasteiger partial charge in [0.25, 0.3) is 0 Å². The molecule has 5 bridgehead atoms. The Morgan fingerprint density at radius 2 is 1.74 bits per heavy atom. The number of carbonyl (C=O) groups is 3. The SMILES string of the molecule is CC(=O)O[C@@H]1C[C@](C)(O)C2C(=C(C)C3[C@@H]2[C@H]2CC4O[C@@]5(C)CCC6C(C)C(=O)O[C@@H]6C43C25)[C@H]2OC(=O)C(C)[C@@H]21. The van der Waals surface area contributed by atoms with Gasteiger partial charge in [-0.05, 0) is 63.4 Å². The molecule has 3 aliphatic heterocycles. The number of allylic oxidation sites excluding steroid dienone is 1. The molecule has 0 aromatic carbocycles. The van der Waals surface area contributed by atoms with Crippen molar-refractivity contribution < 1.29 is 38.4 Å². The number of aliphatic hydroxyl groups is 1. The molecule has 0 aromatic rings. The normalized spacial score (nSPS) is 59.7. The fourth-order valence-electron chi connectivity index (χ4n) is 12.3. The maximum Gasteiger partial charge on any atom is 0.309 e. The summed E-state index contributed by atoms with van der Waals surface area (Å²) < 4.78 is 25.2. The summed E-state index contributed by atoms with van der Waals surface area (Å²) in [6.45, 7) is 11.6. The highest BCUT2D eigenvalue weighted by Crippen LogP contribution is 2.82. The summed E-state index contributed by atoms with van der Waals surface area (Å²) in [5.41, 5.74) is 0.439. The molecule has 3 heterocycles. The Balaban J connectivity index is 1.33. The number of ether oxygens (including phenoxy) is 4. The van der Waals surface area contributed by atoms with Crippen molar-refractivity contribution in [1.29, 1.82) is 0 Å². The fourth-order valence-corrected chi connectivity index (χ4v) is 12.3. The van der Waals surface area contributed by atoms with Crippen molar-refractivity contribution in [3.63, 3.8) is 0 Å². The van der Waals surface area contributed by atoms with Gasteiger partial charge in [-0.2, -0.15) is 0 Å². The first kappa shape index (κ1) is 24.8. The van der Waals surface area contributed by atoms with Crippen molar-refractivity contribution >= 4 is 17.9 Å². The maximum absolute atomic E-state index is 13.0. The molecule has 4 saturated carbocycles. The van der Waals surface area contributed by atoms with E-state index in [1.54, 1.807) is 0 Å². The highest BCUT2D eigenvalue weighted by Gasteiger charge is 2.85. The molecule has 8 rings (SSSR count). The molecule has 0 aromatic heterocycles. The van der Waals surface area contributed by atoms with Gasteiger partial charge >= 0.3 is 17.9 Å². The second kappa shape index (κ2) is 7.28. The van der Waals surface area contributed by atoms with Crippen LogP contribution in [0.4, 0.5) is 0 Å². The maximum atomic E-state index is 13.0. The Hall–Kier alpha value is -1.93. The number of hydrogen-bond donors (Lipinski definition) is 1. The zero-order valence-corrected chi connectivity index (χ0v) is 23.6. The molecule has 1 N–H and O–H groups in total. The molecule has 39 heavy (non-hydrogen) atoms. The van der Waals surface area contributed by atoms with E-state index in [0.717, 1.165) is 24.8 Å². The summed E-state index contributed by atoms with van der Waals surface area (Å²) in [6.07, 6.45) is 1.68. The van der Waals surface area contributed by atoms with Gasteiger partial charge in [-0.15, -0.1) is 0 Å². The Bertz CT molecular complexity index is 1240. The molecular weight excluding hydrogens is 500 g/mol. The van der Waals surface area contributed by atoms with Gasteiger partial charge in [0.05, 0.1) is 35.1 Å². The first-order valence-corrected chi connectivity index (χ1v) is 15.0. The first-order valence-electron chi connectivity index (χ1n) is 15.0. The van der Waals surface area contributed by atoms with E-state index in [4.69, 9.17) is 18.9 Å². The molecule has 8 heteroatoms. The Kier molecular flexibility index (Phi) is 4.63. The lowest BCUT2D eigenvalue weighted by Gasteiger charge is -2.48. The van der Waals surface area contributed by atoms with E-state index in [2.05, 4.69) is 13.8 Å². The van der Waals surface area contributed by atoms with Crippen molar-refractivity contribution in [2.75, 3.05) is 0 Å². The molecule has 8 aliphatic rings. The van der Waals surface area contributed by atoms with Crippen molar-refractivity contribution in [3.05, 3.63) is 11.1 Å². The summed E-state index contributed by atoms with van der Waals surface area (Å²) in [7, 11) is 0. The lowest BCUT2D eigenvalue weighted by molar-refractivity contribution is -0.167. The number of hydrogen-bond acceptors (Lipinski definition) is 8. The van der Waals surface area contributed by atoms with Gasteiger partial charge in [0.2, 0.25) is 0 Å². The lowest BCUT2D eigenvalue weighted by Crippen LogP contribution is -2.53. The van der Waals surface area contributed by atoms with E-state index in [-0.39, 0.29) is 83.0 Å². The predicted molar refractivity (Wildman–Crippen MR) is 136 cm³/mol. The third-order valence-electron chi connectivity index (χ3n) is 13.1. The molecule has 3 saturated heterocycles. The first-order chi connectivity index (χ1) is 18.3. The highest BCUT2D eigenvalue weighted by molar-refractivity contribution is 5.77. The number of fused-ring (bicyclic) bond motifs is 7. The minimum Gasteiger partial charge on any atom is -0.462 e. The third kappa shape index (κ3) is 2.63. The van der Waals surface area contributed by atoms with E-state index >= 15 is 0 Å². The molecular formula is C31H40O8. The van der Waals surface area contributed by atoms with E-state index in [1.807, 2.05) is 20.8 Å². The van der Waals surface area contributed by atoms with Crippen LogP contribution < -0.4 is 0 Å². The highest BCUT2D eigenvalue weighted by atomic mass is 16.6. The standard InChI is InChI=1S/C31H40O8/c1-11-15-7-8-30(6)25-16-9-18(39-30)31(25,26(15)38-27(11)33)22-12(2)20-23(21(16)22)29(5,35)10-17(36-14(4)32)19-13(3)28(34)37-24(19)20/h11,13,15-19,21-26,35H,7-10H2,1-6H3/t11?,13?,15?,16-,17-,18?,19-,21+,22?,23?,24+,25?,26+,29+,30+,31?/m1/s1. The Morgan fingerprint density at radius 3 is 2.46 bits per heavy atom. The van der Waals surface area contributed by atoms with Crippen LogP contribution in [0, 0.1) is 58.7 Å². The topological polar surface area (TPSA) is 108 Å². The molecule has 212 valence electrons. The van der Waals surface area contributed by atoms with Gasteiger partial charge < -0.3 is 24.1 Å². The van der Waals surface area contributed by atoms with Crippen molar-refractivity contribution in [2.45, 2.75) is 103 Å². The largest absolute Gasteiger partial charge is 0.462 e. The molecule has 0 amide bonds. The molecule has 16 atom stereocenters. The smallest absolute Gasteiger partial charge is 0.309 e. The molecule has 0 radical (unpaired) electrons. The van der Waals surface area contributed by atoms with Crippen molar-refractivity contribution in [2.24, 2.45) is 58.7 Å². The summed E-state index contributed by atoms with van der Waals surface area (Å²) in [4.78, 5) is 38.2. The fraction of sp³-hybridized carbons (Fsp3) is 0.839. The Morgan fingerprint density at radius 1 is 1.03 bits per heavy atom. The van der Waals surface area contributed by atoms with Crippen LogP contribution in [0.25, 0.3) is 0 Å². The van der Waals surface area contributed by atoms with Gasteiger partial charge in [-0.3, -0.25) is 14.4 Å². The van der Waals surface area contributed by atoms with Crippen LogP contribution in [-0.4, -0.2) is 58.6 Å². The average molecular weight is 541 g/mol. The molecule has 0 spiro atoms. The molecule has 8 unspecified atom stereocenters. The van der Waals surface area contributed by atoms with Crippen LogP contribution >= 0.6 is 0 Å². The van der Waals surface area contributed by atoms with E-state index in [0.29, 0.717) is 5.92 Å².